The standard InChI is InChI=1S/C19H23N3O6/c1-13(23)16-17(14-3-5-15(6-4-14)22(26)27)21(19(25)18(16)24)8-2-7-20-9-11-28-12-10-20/h3-6,17,24H,2,7-12H2,1H3/p+1/t17-/m0/s1. The van der Waals surface area contributed by atoms with Gasteiger partial charge in [-0.15, -0.1) is 0 Å². The molecule has 1 aromatic rings. The lowest BCUT2D eigenvalue weighted by atomic mass is 9.96. The van der Waals surface area contributed by atoms with Crippen LogP contribution in [-0.4, -0.2) is 66.0 Å². The Morgan fingerprint density at radius 1 is 1.32 bits per heavy atom. The van der Waals surface area contributed by atoms with Crippen LogP contribution in [0.3, 0.4) is 0 Å². The molecule has 1 amide bonds. The average Bonchev–Trinajstić information content (AvgIpc) is 2.94. The first-order chi connectivity index (χ1) is 13.4. The van der Waals surface area contributed by atoms with Crippen LogP contribution in [0.2, 0.25) is 0 Å². The van der Waals surface area contributed by atoms with E-state index >= 15 is 0 Å². The highest BCUT2D eigenvalue weighted by Crippen LogP contribution is 2.38. The van der Waals surface area contributed by atoms with Gasteiger partial charge in [0.2, 0.25) is 0 Å². The zero-order chi connectivity index (χ0) is 20.3. The number of nitrogens with zero attached hydrogens (tertiary/aromatic N) is 2. The maximum atomic E-state index is 12.6. The number of morpholine rings is 1. The largest absolute Gasteiger partial charge is 0.503 e. The van der Waals surface area contributed by atoms with Crippen molar-refractivity contribution in [3.8, 4) is 0 Å². The van der Waals surface area contributed by atoms with E-state index in [1.165, 1.54) is 41.0 Å². The number of aliphatic hydroxyl groups is 1. The van der Waals surface area contributed by atoms with Gasteiger partial charge in [-0.25, -0.2) is 0 Å². The Morgan fingerprint density at radius 3 is 2.54 bits per heavy atom. The zero-order valence-electron chi connectivity index (χ0n) is 15.7. The highest BCUT2D eigenvalue weighted by Gasteiger charge is 2.42. The molecule has 9 nitrogen and oxygen atoms in total. The van der Waals surface area contributed by atoms with E-state index in [0.717, 1.165) is 32.8 Å². The summed E-state index contributed by atoms with van der Waals surface area (Å²) in [5.41, 5.74) is 0.526. The van der Waals surface area contributed by atoms with Gasteiger partial charge in [-0.1, -0.05) is 0 Å². The van der Waals surface area contributed by atoms with E-state index in [4.69, 9.17) is 4.74 Å². The number of nitro groups is 1. The van der Waals surface area contributed by atoms with Crippen molar-refractivity contribution in [1.29, 1.82) is 0 Å². The molecule has 1 atom stereocenters. The highest BCUT2D eigenvalue weighted by atomic mass is 16.6. The number of Topliss-reactive ketones (excluding diaryl/α,β-unsaturated/α-hetero) is 1. The summed E-state index contributed by atoms with van der Waals surface area (Å²) in [4.78, 5) is 38.0. The molecule has 2 aliphatic heterocycles. The maximum Gasteiger partial charge on any atom is 0.290 e. The normalized spacial score (nSPS) is 20.7. The van der Waals surface area contributed by atoms with Gasteiger partial charge in [0.15, 0.2) is 11.5 Å². The molecule has 1 saturated heterocycles. The number of quaternary nitrogens is 1. The van der Waals surface area contributed by atoms with E-state index in [9.17, 15) is 24.8 Å². The van der Waals surface area contributed by atoms with Crippen molar-refractivity contribution in [2.45, 2.75) is 19.4 Å². The summed E-state index contributed by atoms with van der Waals surface area (Å²) in [5, 5.41) is 21.2. The van der Waals surface area contributed by atoms with Crippen LogP contribution in [0.5, 0.6) is 0 Å². The van der Waals surface area contributed by atoms with Gasteiger partial charge in [0.05, 0.1) is 36.3 Å². The van der Waals surface area contributed by atoms with Crippen LogP contribution in [0, 0.1) is 10.1 Å². The summed E-state index contributed by atoms with van der Waals surface area (Å²) in [5.74, 6) is -1.50. The van der Waals surface area contributed by atoms with Crippen LogP contribution in [0.25, 0.3) is 0 Å². The first kappa shape index (κ1) is 20.0. The van der Waals surface area contributed by atoms with Crippen molar-refractivity contribution >= 4 is 17.4 Å². The minimum absolute atomic E-state index is 0.0394. The van der Waals surface area contributed by atoms with E-state index in [1.807, 2.05) is 0 Å². The molecule has 0 aliphatic carbocycles. The van der Waals surface area contributed by atoms with Gasteiger partial charge in [0.25, 0.3) is 11.6 Å². The van der Waals surface area contributed by atoms with Crippen molar-refractivity contribution in [3.05, 3.63) is 51.3 Å². The van der Waals surface area contributed by atoms with E-state index in [0.29, 0.717) is 18.5 Å². The molecule has 28 heavy (non-hydrogen) atoms. The minimum atomic E-state index is -0.731. The number of hydrogen-bond donors (Lipinski definition) is 2. The van der Waals surface area contributed by atoms with Crippen LogP contribution in [0.1, 0.15) is 24.9 Å². The molecule has 0 saturated carbocycles. The number of hydrogen-bond acceptors (Lipinski definition) is 6. The molecule has 2 N–H and O–H groups in total. The molecular formula is C19H24N3O6+. The molecule has 1 aromatic carbocycles. The van der Waals surface area contributed by atoms with Gasteiger partial charge in [-0.3, -0.25) is 19.7 Å². The number of carbonyl (C=O) groups is 2. The molecule has 0 radical (unpaired) electrons. The first-order valence-corrected chi connectivity index (χ1v) is 9.31. The number of rotatable bonds is 7. The molecule has 2 aliphatic rings. The third-order valence-electron chi connectivity index (χ3n) is 5.23. The van der Waals surface area contributed by atoms with Crippen LogP contribution < -0.4 is 4.90 Å². The summed E-state index contributed by atoms with van der Waals surface area (Å²) in [7, 11) is 0. The SMILES string of the molecule is CC(=O)C1=C(O)C(=O)N(CCC[NH+]2CCOCC2)[C@H]1c1ccc([N+](=O)[O-])cc1. The molecule has 1 fully saturated rings. The van der Waals surface area contributed by atoms with Crippen molar-refractivity contribution in [3.63, 3.8) is 0 Å². The lowest BCUT2D eigenvalue weighted by Gasteiger charge is -2.28. The van der Waals surface area contributed by atoms with Crippen molar-refractivity contribution < 1.29 is 29.3 Å². The van der Waals surface area contributed by atoms with Crippen molar-refractivity contribution in [2.24, 2.45) is 0 Å². The number of non-ortho nitro benzene ring substituents is 1. The number of ketones is 1. The van der Waals surface area contributed by atoms with E-state index in [-0.39, 0.29) is 11.3 Å². The number of amides is 1. The van der Waals surface area contributed by atoms with Crippen molar-refractivity contribution in [1.82, 2.24) is 4.90 Å². The van der Waals surface area contributed by atoms with Crippen LogP contribution in [0.4, 0.5) is 5.69 Å². The smallest absolute Gasteiger partial charge is 0.290 e. The van der Waals surface area contributed by atoms with Gasteiger partial charge in [-0.2, -0.15) is 0 Å². The molecule has 0 spiro atoms. The van der Waals surface area contributed by atoms with Gasteiger partial charge in [0, 0.05) is 25.1 Å². The Morgan fingerprint density at radius 2 is 1.96 bits per heavy atom. The zero-order valence-corrected chi connectivity index (χ0v) is 15.7. The molecule has 9 heteroatoms. The number of benzene rings is 1. The Balaban J connectivity index is 1.79. The Hall–Kier alpha value is -2.78. The quantitative estimate of drug-likeness (QED) is 0.507. The summed E-state index contributed by atoms with van der Waals surface area (Å²) >= 11 is 0. The fraction of sp³-hybridized carbons (Fsp3) is 0.474. The Labute approximate surface area is 162 Å². The number of ether oxygens (including phenoxy) is 1. The summed E-state index contributed by atoms with van der Waals surface area (Å²) in [6.45, 7) is 5.82. The highest BCUT2D eigenvalue weighted by molar-refractivity contribution is 6.08. The van der Waals surface area contributed by atoms with Crippen LogP contribution in [0.15, 0.2) is 35.6 Å². The fourth-order valence-electron chi connectivity index (χ4n) is 3.78. The fourth-order valence-corrected chi connectivity index (χ4v) is 3.78. The second-order valence-electron chi connectivity index (χ2n) is 7.03. The molecule has 0 aromatic heterocycles. The van der Waals surface area contributed by atoms with E-state index < -0.39 is 28.4 Å². The molecular weight excluding hydrogens is 366 g/mol. The molecule has 3 rings (SSSR count). The molecule has 2 heterocycles. The minimum Gasteiger partial charge on any atom is -0.503 e. The topological polar surface area (TPSA) is 114 Å². The first-order valence-electron chi connectivity index (χ1n) is 9.31. The summed E-state index contributed by atoms with van der Waals surface area (Å²) < 4.78 is 5.34. The maximum absolute atomic E-state index is 12.6. The summed E-state index contributed by atoms with van der Waals surface area (Å²) in [6.07, 6.45) is 0.711. The number of nitro benzene ring substituents is 1. The average molecular weight is 390 g/mol. The Kier molecular flexibility index (Phi) is 6.05. The lowest BCUT2D eigenvalue weighted by molar-refractivity contribution is -0.908. The van der Waals surface area contributed by atoms with E-state index in [1.54, 1.807) is 0 Å². The third kappa shape index (κ3) is 4.05. The number of aliphatic hydroxyl groups excluding tert-OH is 1. The second kappa shape index (κ2) is 8.49. The predicted molar refractivity (Wildman–Crippen MR) is 98.9 cm³/mol. The predicted octanol–water partition coefficient (Wildman–Crippen LogP) is 0.184. The monoisotopic (exact) mass is 390 g/mol. The van der Waals surface area contributed by atoms with Gasteiger partial charge >= 0.3 is 0 Å². The summed E-state index contributed by atoms with van der Waals surface area (Å²) in [6, 6.07) is 4.99. The molecule has 150 valence electrons. The van der Waals surface area contributed by atoms with Gasteiger partial charge in [-0.05, 0) is 24.6 Å². The second-order valence-corrected chi connectivity index (χ2v) is 7.03. The molecule has 0 unspecified atom stereocenters. The van der Waals surface area contributed by atoms with E-state index in [2.05, 4.69) is 0 Å². The number of carbonyl (C=O) groups excluding carboxylic acids is 2. The third-order valence-corrected chi connectivity index (χ3v) is 5.23. The van der Waals surface area contributed by atoms with Crippen molar-refractivity contribution in [2.75, 3.05) is 39.4 Å². The van der Waals surface area contributed by atoms with Crippen LogP contribution >= 0.6 is 0 Å². The van der Waals surface area contributed by atoms with Gasteiger partial charge in [0.1, 0.15) is 13.1 Å². The lowest BCUT2D eigenvalue weighted by Crippen LogP contribution is -3.14. The van der Waals surface area contributed by atoms with Gasteiger partial charge < -0.3 is 19.6 Å². The Bertz CT molecular complexity index is 798. The number of nitrogens with one attached hydrogen (secondary N) is 1. The molecule has 0 bridgehead atoms. The van der Waals surface area contributed by atoms with Crippen LogP contribution in [-0.2, 0) is 14.3 Å².